The lowest BCUT2D eigenvalue weighted by molar-refractivity contribution is -0.136. The maximum absolute atomic E-state index is 11.6. The number of halogens is 2. The minimum Gasteiger partial charge on any atom is -0.396 e. The molecule has 5 nitrogen and oxygen atoms in total. The zero-order chi connectivity index (χ0) is 14.4. The van der Waals surface area contributed by atoms with Crippen molar-refractivity contribution in [3.63, 3.8) is 0 Å². The van der Waals surface area contributed by atoms with Gasteiger partial charge < -0.3 is 15.7 Å². The number of benzene rings is 1. The monoisotopic (exact) mass is 348 g/mol. The topological polar surface area (TPSA) is 78.4 Å². The first-order valence-corrected chi connectivity index (χ1v) is 6.79. The highest BCUT2D eigenvalue weighted by Gasteiger charge is 2.16. The zero-order valence-corrected chi connectivity index (χ0v) is 12.6. The molecule has 0 saturated carbocycles. The second-order valence-electron chi connectivity index (χ2n) is 3.97. The second-order valence-corrected chi connectivity index (χ2v) is 5.23. The highest BCUT2D eigenvalue weighted by molar-refractivity contribution is 9.10. The molecule has 104 valence electrons. The first-order chi connectivity index (χ1) is 8.93. The summed E-state index contributed by atoms with van der Waals surface area (Å²) in [6, 6.07) is 4.54. The van der Waals surface area contributed by atoms with E-state index in [0.717, 1.165) is 0 Å². The molecular formula is C12H14BrClN2O3. The minimum atomic E-state index is -0.765. The average molecular weight is 350 g/mol. The predicted octanol–water partition coefficient (Wildman–Crippen LogP) is 1.93. The van der Waals surface area contributed by atoms with E-state index >= 15 is 0 Å². The van der Waals surface area contributed by atoms with Gasteiger partial charge in [-0.1, -0.05) is 11.6 Å². The fourth-order valence-corrected chi connectivity index (χ4v) is 1.81. The summed E-state index contributed by atoms with van der Waals surface area (Å²) in [6.07, 6.45) is 0.394. The van der Waals surface area contributed by atoms with E-state index in [4.69, 9.17) is 16.7 Å². The number of carbonyl (C=O) groups excluding carboxylic acids is 2. The van der Waals surface area contributed by atoms with Crippen LogP contribution < -0.4 is 10.6 Å². The van der Waals surface area contributed by atoms with E-state index in [0.29, 0.717) is 21.6 Å². The molecule has 1 aromatic rings. The van der Waals surface area contributed by atoms with Gasteiger partial charge in [0.1, 0.15) is 0 Å². The average Bonchev–Trinajstić information content (AvgIpc) is 2.34. The number of anilines is 1. The molecule has 3 N–H and O–H groups in total. The number of amides is 2. The van der Waals surface area contributed by atoms with E-state index in [9.17, 15) is 9.59 Å². The molecule has 0 heterocycles. The van der Waals surface area contributed by atoms with Gasteiger partial charge in [0.15, 0.2) is 0 Å². The van der Waals surface area contributed by atoms with Crippen LogP contribution in [0, 0.1) is 0 Å². The summed E-state index contributed by atoms with van der Waals surface area (Å²) in [4.78, 5) is 23.2. The molecule has 7 heteroatoms. The summed E-state index contributed by atoms with van der Waals surface area (Å²) in [7, 11) is 0. The number of hydrogen-bond donors (Lipinski definition) is 3. The Morgan fingerprint density at radius 3 is 2.68 bits per heavy atom. The van der Waals surface area contributed by atoms with Gasteiger partial charge in [-0.05, 0) is 47.5 Å². The van der Waals surface area contributed by atoms with Crippen LogP contribution in [-0.4, -0.2) is 29.6 Å². The lowest BCUT2D eigenvalue weighted by Gasteiger charge is -2.12. The molecule has 0 saturated heterocycles. The van der Waals surface area contributed by atoms with Gasteiger partial charge in [-0.2, -0.15) is 0 Å². The van der Waals surface area contributed by atoms with Crippen LogP contribution in [0.4, 0.5) is 5.69 Å². The molecule has 1 rings (SSSR count). The Morgan fingerprint density at radius 2 is 2.11 bits per heavy atom. The van der Waals surface area contributed by atoms with E-state index in [1.165, 1.54) is 0 Å². The van der Waals surface area contributed by atoms with Crippen molar-refractivity contribution >= 4 is 45.0 Å². The first kappa shape index (κ1) is 15.9. The lowest BCUT2D eigenvalue weighted by Crippen LogP contribution is -2.40. The summed E-state index contributed by atoms with van der Waals surface area (Å²) in [5, 5.41) is 14.2. The van der Waals surface area contributed by atoms with Crippen LogP contribution in [0.2, 0.25) is 5.02 Å². The van der Waals surface area contributed by atoms with E-state index in [1.54, 1.807) is 25.1 Å². The summed E-state index contributed by atoms with van der Waals surface area (Å²) in [5.41, 5.74) is 0.464. The molecule has 0 aliphatic heterocycles. The molecule has 1 atom stereocenters. The van der Waals surface area contributed by atoms with Crippen LogP contribution in [0.5, 0.6) is 0 Å². The highest BCUT2D eigenvalue weighted by atomic mass is 79.9. The molecule has 0 fully saturated rings. The van der Waals surface area contributed by atoms with Crippen molar-refractivity contribution < 1.29 is 14.7 Å². The fraction of sp³-hybridized carbons (Fsp3) is 0.333. The van der Waals surface area contributed by atoms with Crippen LogP contribution in [0.3, 0.4) is 0 Å². The first-order valence-electron chi connectivity index (χ1n) is 5.61. The van der Waals surface area contributed by atoms with Crippen molar-refractivity contribution in [1.82, 2.24) is 5.32 Å². The van der Waals surface area contributed by atoms with Gasteiger partial charge in [0.25, 0.3) is 0 Å². The molecule has 1 aromatic carbocycles. The van der Waals surface area contributed by atoms with Crippen LogP contribution in [0.25, 0.3) is 0 Å². The van der Waals surface area contributed by atoms with Crippen molar-refractivity contribution in [2.24, 2.45) is 0 Å². The molecule has 2 amide bonds. The Balaban J connectivity index is 2.58. The summed E-state index contributed by atoms with van der Waals surface area (Å²) in [6.45, 7) is 1.66. The largest absolute Gasteiger partial charge is 0.396 e. The predicted molar refractivity (Wildman–Crippen MR) is 77.1 cm³/mol. The fourth-order valence-electron chi connectivity index (χ4n) is 1.32. The number of carbonyl (C=O) groups is 2. The molecule has 0 bridgehead atoms. The Bertz CT molecular complexity index is 482. The van der Waals surface area contributed by atoms with Gasteiger partial charge >= 0.3 is 11.8 Å². The van der Waals surface area contributed by atoms with Crippen LogP contribution in [0.15, 0.2) is 22.7 Å². The van der Waals surface area contributed by atoms with Crippen LogP contribution in [-0.2, 0) is 9.59 Å². The smallest absolute Gasteiger partial charge is 0.313 e. The van der Waals surface area contributed by atoms with E-state index in [2.05, 4.69) is 26.6 Å². The number of aliphatic hydroxyl groups excluding tert-OH is 1. The Hall–Kier alpha value is -1.11. The molecule has 0 aliphatic rings. The molecule has 0 radical (unpaired) electrons. The van der Waals surface area contributed by atoms with Crippen molar-refractivity contribution in [1.29, 1.82) is 0 Å². The second kappa shape index (κ2) is 7.47. The third kappa shape index (κ3) is 5.18. The molecule has 0 spiro atoms. The maximum atomic E-state index is 11.6. The highest BCUT2D eigenvalue weighted by Crippen LogP contribution is 2.25. The normalized spacial score (nSPS) is 11.8. The molecule has 19 heavy (non-hydrogen) atoms. The maximum Gasteiger partial charge on any atom is 0.313 e. The summed E-state index contributed by atoms with van der Waals surface area (Å²) < 4.78 is 0.626. The van der Waals surface area contributed by atoms with E-state index < -0.39 is 11.8 Å². The quantitative estimate of drug-likeness (QED) is 0.727. The Kier molecular flexibility index (Phi) is 6.27. The Morgan fingerprint density at radius 1 is 1.42 bits per heavy atom. The van der Waals surface area contributed by atoms with Crippen molar-refractivity contribution in [2.75, 3.05) is 11.9 Å². The zero-order valence-electron chi connectivity index (χ0n) is 10.2. The van der Waals surface area contributed by atoms with Crippen molar-refractivity contribution in [3.05, 3.63) is 27.7 Å². The number of aliphatic hydroxyl groups is 1. The third-order valence-electron chi connectivity index (χ3n) is 2.32. The van der Waals surface area contributed by atoms with Crippen LogP contribution >= 0.6 is 27.5 Å². The van der Waals surface area contributed by atoms with E-state index in [-0.39, 0.29) is 12.6 Å². The van der Waals surface area contributed by atoms with Crippen LogP contribution in [0.1, 0.15) is 13.3 Å². The SMILES string of the molecule is C[C@H](CCO)NC(=O)C(=O)Nc1ccc(Cl)c(Br)c1. The standard InChI is InChI=1S/C12H14BrClN2O3/c1-7(4-5-17)15-11(18)12(19)16-8-2-3-10(14)9(13)6-8/h2-3,6-7,17H,4-5H2,1H3,(H,15,18)(H,16,19)/t7-/m1/s1. The van der Waals surface area contributed by atoms with Gasteiger partial charge in [0.2, 0.25) is 0 Å². The number of rotatable bonds is 4. The molecule has 0 aliphatic carbocycles. The molecular weight excluding hydrogens is 336 g/mol. The summed E-state index contributed by atoms with van der Waals surface area (Å²) in [5.74, 6) is -1.51. The molecule has 0 aromatic heterocycles. The lowest BCUT2D eigenvalue weighted by atomic mass is 10.2. The van der Waals surface area contributed by atoms with Gasteiger partial charge in [-0.3, -0.25) is 9.59 Å². The van der Waals surface area contributed by atoms with Crippen molar-refractivity contribution in [3.8, 4) is 0 Å². The third-order valence-corrected chi connectivity index (χ3v) is 3.54. The Labute approximate surface area is 124 Å². The number of hydrogen-bond acceptors (Lipinski definition) is 3. The van der Waals surface area contributed by atoms with E-state index in [1.807, 2.05) is 0 Å². The van der Waals surface area contributed by atoms with Gasteiger partial charge in [-0.25, -0.2) is 0 Å². The van der Waals surface area contributed by atoms with Gasteiger partial charge in [0.05, 0.1) is 5.02 Å². The van der Waals surface area contributed by atoms with Gasteiger partial charge in [0, 0.05) is 22.8 Å². The molecule has 0 unspecified atom stereocenters. The number of nitrogens with one attached hydrogen (secondary N) is 2. The minimum absolute atomic E-state index is 0.0484. The van der Waals surface area contributed by atoms with Gasteiger partial charge in [-0.15, -0.1) is 0 Å². The summed E-state index contributed by atoms with van der Waals surface area (Å²) >= 11 is 9.04. The van der Waals surface area contributed by atoms with Crippen molar-refractivity contribution in [2.45, 2.75) is 19.4 Å².